The number of piperidine rings is 2. The molecule has 0 spiro atoms. The average molecular weight is 793 g/mol. The summed E-state index contributed by atoms with van der Waals surface area (Å²) in [6.07, 6.45) is 12.2. The number of hydrogen-bond acceptors (Lipinski definition) is 9. The van der Waals surface area contributed by atoms with E-state index in [2.05, 4.69) is 36.1 Å². The quantitative estimate of drug-likeness (QED) is 0.141. The topological polar surface area (TPSA) is 150 Å². The molecular weight excluding hydrogens is 743 g/mol. The maximum atomic E-state index is 15.3. The molecule has 4 fully saturated rings. The highest BCUT2D eigenvalue weighted by molar-refractivity contribution is 6.01. The Hall–Kier alpha value is -5.50. The van der Waals surface area contributed by atoms with Crippen molar-refractivity contribution in [1.29, 1.82) is 0 Å². The molecule has 0 bridgehead atoms. The molecule has 1 atom stereocenters. The molecule has 12 nitrogen and oxygen atoms in total. The standard InChI is InChI=1S/C44H50F2N8O4/c45-36-25-32(48-38-17-18-39(55)51-43(38)58)13-16-35(36)27-19-22-53(23-20-27)33-14-11-30(12-15-33)49-42(57)28-7-9-31(10-8-28)50-44-47-26-37(46)41(52-44)29-4-3-5-34(24-29)54-21-2-1-6-40(54)56/h1-6,13,16,21,24-28,30-31,33,38,48H,7-12,14-15,17-20,22-23H2,(H,49,57)(H,47,50,52)(H,51,55,58)/t28?,30?,31?,33?,38-/m1/s1. The maximum absolute atomic E-state index is 15.3. The summed E-state index contributed by atoms with van der Waals surface area (Å²) in [6, 6.07) is 17.2. The number of carbonyl (C=O) groups is 3. The zero-order valence-corrected chi connectivity index (χ0v) is 32.5. The Morgan fingerprint density at radius 2 is 1.55 bits per heavy atom. The van der Waals surface area contributed by atoms with Crippen molar-refractivity contribution < 1.29 is 23.2 Å². The number of rotatable bonds is 10. The molecule has 0 radical (unpaired) electrons. The normalized spacial score (nSPS) is 24.5. The van der Waals surface area contributed by atoms with E-state index in [4.69, 9.17) is 0 Å². The SMILES string of the molecule is O=C1CC[C@@H](Nc2ccc(C3CCN(C4CCC(NC(=O)C5CCC(Nc6ncc(F)c(-c7cccc(-n8ccccc8=O)c7)n6)CC5)CC4)CC3)c(F)c2)C(=O)N1. The minimum atomic E-state index is -0.555. The number of amides is 3. The largest absolute Gasteiger partial charge is 0.374 e. The molecule has 2 aromatic heterocycles. The van der Waals surface area contributed by atoms with E-state index >= 15 is 4.39 Å². The number of benzene rings is 2. The lowest BCUT2D eigenvalue weighted by Gasteiger charge is -2.41. The molecule has 2 aliphatic heterocycles. The number of hydrogen-bond donors (Lipinski definition) is 4. The van der Waals surface area contributed by atoms with Gasteiger partial charge in [0.15, 0.2) is 5.82 Å². The van der Waals surface area contributed by atoms with Gasteiger partial charge in [0.25, 0.3) is 5.56 Å². The van der Waals surface area contributed by atoms with Gasteiger partial charge in [0.1, 0.15) is 17.6 Å². The third kappa shape index (κ3) is 9.12. The Balaban J connectivity index is 0.760. The number of likely N-dealkylation sites (tertiary alicyclic amines) is 1. The van der Waals surface area contributed by atoms with E-state index in [1.165, 1.54) is 16.7 Å². The first-order chi connectivity index (χ1) is 28.2. The Bertz CT molecular complexity index is 2190. The molecule has 4 heterocycles. The zero-order chi connectivity index (χ0) is 40.2. The van der Waals surface area contributed by atoms with Gasteiger partial charge >= 0.3 is 0 Å². The van der Waals surface area contributed by atoms with Crippen molar-refractivity contribution in [3.05, 3.63) is 101 Å². The molecule has 58 heavy (non-hydrogen) atoms. The number of halogens is 2. The number of pyridine rings is 1. The van der Waals surface area contributed by atoms with Gasteiger partial charge in [0.2, 0.25) is 23.7 Å². The average Bonchev–Trinajstić information content (AvgIpc) is 3.23. The summed E-state index contributed by atoms with van der Waals surface area (Å²) >= 11 is 0. The van der Waals surface area contributed by atoms with Gasteiger partial charge < -0.3 is 20.9 Å². The first-order valence-corrected chi connectivity index (χ1v) is 20.7. The molecule has 4 aromatic rings. The first kappa shape index (κ1) is 39.3. The van der Waals surface area contributed by atoms with Gasteiger partial charge in [-0.2, -0.15) is 0 Å². The molecule has 4 aliphatic rings. The van der Waals surface area contributed by atoms with Crippen molar-refractivity contribution in [3.8, 4) is 16.9 Å². The molecule has 2 aliphatic carbocycles. The lowest BCUT2D eigenvalue weighted by molar-refractivity contribution is -0.133. The van der Waals surface area contributed by atoms with Crippen molar-refractivity contribution in [2.45, 2.75) is 107 Å². The molecule has 3 amide bonds. The van der Waals surface area contributed by atoms with Crippen LogP contribution >= 0.6 is 0 Å². The third-order valence-electron chi connectivity index (χ3n) is 12.5. The summed E-state index contributed by atoms with van der Waals surface area (Å²) in [5, 5.41) is 12.1. The van der Waals surface area contributed by atoms with Crippen molar-refractivity contribution in [3.63, 3.8) is 0 Å². The van der Waals surface area contributed by atoms with Gasteiger partial charge in [0.05, 0.1) is 6.20 Å². The number of nitrogens with one attached hydrogen (secondary N) is 4. The third-order valence-corrected chi connectivity index (χ3v) is 12.5. The fraction of sp³-hybridized carbons (Fsp3) is 0.455. The summed E-state index contributed by atoms with van der Waals surface area (Å²) < 4.78 is 31.7. The van der Waals surface area contributed by atoms with Crippen LogP contribution in [0, 0.1) is 17.6 Å². The lowest BCUT2D eigenvalue weighted by atomic mass is 9.83. The highest BCUT2D eigenvalue weighted by atomic mass is 19.1. The van der Waals surface area contributed by atoms with Crippen LogP contribution in [0.25, 0.3) is 16.9 Å². The number of nitrogens with zero attached hydrogens (tertiary/aromatic N) is 4. The summed E-state index contributed by atoms with van der Waals surface area (Å²) in [5.74, 6) is -0.936. The molecule has 2 saturated carbocycles. The Morgan fingerprint density at radius 3 is 2.29 bits per heavy atom. The van der Waals surface area contributed by atoms with E-state index < -0.39 is 11.9 Å². The van der Waals surface area contributed by atoms with Crippen LogP contribution in [-0.2, 0) is 14.4 Å². The van der Waals surface area contributed by atoms with Crippen LogP contribution in [-0.4, -0.2) is 74.4 Å². The van der Waals surface area contributed by atoms with Crippen molar-refractivity contribution >= 4 is 29.4 Å². The molecule has 304 valence electrons. The van der Waals surface area contributed by atoms with Gasteiger partial charge in [-0.05, 0) is 126 Å². The van der Waals surface area contributed by atoms with E-state index in [1.54, 1.807) is 42.6 Å². The summed E-state index contributed by atoms with van der Waals surface area (Å²) in [7, 11) is 0. The van der Waals surface area contributed by atoms with Gasteiger partial charge in [-0.3, -0.25) is 29.1 Å². The number of anilines is 2. The van der Waals surface area contributed by atoms with Crippen molar-refractivity contribution in [2.24, 2.45) is 5.92 Å². The fourth-order valence-corrected chi connectivity index (χ4v) is 9.23. The molecule has 4 N–H and O–H groups in total. The van der Waals surface area contributed by atoms with Crippen LogP contribution in [0.2, 0.25) is 0 Å². The second kappa shape index (κ2) is 17.6. The first-order valence-electron chi connectivity index (χ1n) is 20.7. The molecule has 8 rings (SSSR count). The molecule has 2 aromatic carbocycles. The second-order valence-corrected chi connectivity index (χ2v) is 16.3. The lowest BCUT2D eigenvalue weighted by Crippen LogP contribution is -2.47. The molecule has 0 unspecified atom stereocenters. The zero-order valence-electron chi connectivity index (χ0n) is 32.5. The molecule has 2 saturated heterocycles. The van der Waals surface area contributed by atoms with Crippen LogP contribution in [0.5, 0.6) is 0 Å². The van der Waals surface area contributed by atoms with Crippen LogP contribution in [0.1, 0.15) is 88.5 Å². The Labute approximate surface area is 336 Å². The van der Waals surface area contributed by atoms with Crippen molar-refractivity contribution in [2.75, 3.05) is 23.7 Å². The minimum absolute atomic E-state index is 0.0497. The maximum Gasteiger partial charge on any atom is 0.255 e. The molecular formula is C44H50F2N8O4. The summed E-state index contributed by atoms with van der Waals surface area (Å²) in [5.41, 5.74) is 2.36. The van der Waals surface area contributed by atoms with Gasteiger partial charge in [-0.25, -0.2) is 18.7 Å². The Kier molecular flexibility index (Phi) is 11.9. The highest BCUT2D eigenvalue weighted by Gasteiger charge is 2.33. The number of imide groups is 1. The summed E-state index contributed by atoms with van der Waals surface area (Å²) in [6.45, 7) is 1.82. The van der Waals surface area contributed by atoms with Crippen LogP contribution in [0.4, 0.5) is 20.4 Å². The number of aromatic nitrogens is 3. The molecule has 14 heteroatoms. The van der Waals surface area contributed by atoms with Gasteiger partial charge in [-0.15, -0.1) is 0 Å². The predicted octanol–water partition coefficient (Wildman–Crippen LogP) is 6.07. The Morgan fingerprint density at radius 1 is 0.776 bits per heavy atom. The van der Waals surface area contributed by atoms with Crippen LogP contribution in [0.15, 0.2) is 77.9 Å². The van der Waals surface area contributed by atoms with Gasteiger partial charge in [0, 0.05) is 59.7 Å². The van der Waals surface area contributed by atoms with Gasteiger partial charge in [-0.1, -0.05) is 24.3 Å². The van der Waals surface area contributed by atoms with Crippen molar-refractivity contribution in [1.82, 2.24) is 30.1 Å². The predicted molar refractivity (Wildman–Crippen MR) is 216 cm³/mol. The minimum Gasteiger partial charge on any atom is -0.374 e. The fourth-order valence-electron chi connectivity index (χ4n) is 9.23. The van der Waals surface area contributed by atoms with E-state index in [0.29, 0.717) is 40.9 Å². The monoisotopic (exact) mass is 792 g/mol. The van der Waals surface area contributed by atoms with Crippen LogP contribution < -0.4 is 26.8 Å². The highest BCUT2D eigenvalue weighted by Crippen LogP contribution is 2.35. The second-order valence-electron chi connectivity index (χ2n) is 16.3. The summed E-state index contributed by atoms with van der Waals surface area (Å²) in [4.78, 5) is 60.5. The van der Waals surface area contributed by atoms with Crippen LogP contribution in [0.3, 0.4) is 0 Å². The number of carbonyl (C=O) groups excluding carboxylic acids is 3. The van der Waals surface area contributed by atoms with E-state index in [9.17, 15) is 23.6 Å². The van der Waals surface area contributed by atoms with E-state index in [-0.39, 0.29) is 65.1 Å². The smallest absolute Gasteiger partial charge is 0.255 e. The van der Waals surface area contributed by atoms with E-state index in [0.717, 1.165) is 83.5 Å². The van der Waals surface area contributed by atoms with E-state index in [1.807, 2.05) is 12.1 Å².